The fourth-order valence-corrected chi connectivity index (χ4v) is 4.30. The molecule has 1 unspecified atom stereocenters. The number of ether oxygens (including phenoxy) is 4. The summed E-state index contributed by atoms with van der Waals surface area (Å²) < 4.78 is 24.3. The molecule has 0 bridgehead atoms. The zero-order valence-corrected chi connectivity index (χ0v) is 20.2. The predicted molar refractivity (Wildman–Crippen MR) is 130 cm³/mol. The summed E-state index contributed by atoms with van der Waals surface area (Å²) in [4.78, 5) is 13.0. The molecule has 7 nitrogen and oxygen atoms in total. The highest BCUT2D eigenvalue weighted by atomic mass is 16.5. The van der Waals surface area contributed by atoms with Crippen molar-refractivity contribution in [2.75, 3.05) is 27.4 Å². The second kappa shape index (κ2) is 10.7. The number of aryl methyl sites for hydroxylation is 1. The van der Waals surface area contributed by atoms with Gasteiger partial charge in [0.15, 0.2) is 11.5 Å². The maximum Gasteiger partial charge on any atom is 0.253 e. The van der Waals surface area contributed by atoms with Crippen LogP contribution >= 0.6 is 0 Å². The first-order chi connectivity index (χ1) is 16.5. The Bertz CT molecular complexity index is 1130. The van der Waals surface area contributed by atoms with Gasteiger partial charge >= 0.3 is 0 Å². The van der Waals surface area contributed by atoms with Gasteiger partial charge in [-0.25, -0.2) is 0 Å². The van der Waals surface area contributed by atoms with Crippen molar-refractivity contribution in [2.45, 2.75) is 39.3 Å². The fourth-order valence-electron chi connectivity index (χ4n) is 4.30. The SMILES string of the molecule is COc1ccc(-n2c(C)cc(C(=O)NCc3ccc(OCC4CCCO4)c(OC)c3)c2C)cc1. The highest BCUT2D eigenvalue weighted by Gasteiger charge is 2.18. The lowest BCUT2D eigenvalue weighted by Gasteiger charge is -2.15. The van der Waals surface area contributed by atoms with Crippen LogP contribution in [0.4, 0.5) is 0 Å². The Morgan fingerprint density at radius 2 is 1.85 bits per heavy atom. The molecule has 1 saturated heterocycles. The summed E-state index contributed by atoms with van der Waals surface area (Å²) in [6, 6.07) is 15.4. The van der Waals surface area contributed by atoms with E-state index in [1.165, 1.54) is 0 Å². The van der Waals surface area contributed by atoms with E-state index >= 15 is 0 Å². The third kappa shape index (κ3) is 5.20. The number of carbonyl (C=O) groups is 1. The van der Waals surface area contributed by atoms with E-state index in [-0.39, 0.29) is 12.0 Å². The van der Waals surface area contributed by atoms with Crippen LogP contribution in [-0.2, 0) is 11.3 Å². The molecule has 2 aromatic carbocycles. The standard InChI is InChI=1S/C27H32N2O5/c1-18-14-24(19(2)29(18)21-8-10-22(31-3)11-9-21)27(30)28-16-20-7-12-25(26(15-20)32-4)34-17-23-6-5-13-33-23/h7-12,14-15,23H,5-6,13,16-17H2,1-4H3,(H,28,30). The van der Waals surface area contributed by atoms with E-state index in [2.05, 4.69) is 9.88 Å². The molecule has 1 atom stereocenters. The number of carbonyl (C=O) groups excluding carboxylic acids is 1. The van der Waals surface area contributed by atoms with Crippen LogP contribution in [0.1, 0.15) is 40.2 Å². The molecular formula is C27H32N2O5. The van der Waals surface area contributed by atoms with Crippen LogP contribution in [0, 0.1) is 13.8 Å². The molecule has 0 saturated carbocycles. The van der Waals surface area contributed by atoms with Crippen molar-refractivity contribution in [3.8, 4) is 22.9 Å². The maximum atomic E-state index is 13.0. The molecule has 1 N–H and O–H groups in total. The zero-order chi connectivity index (χ0) is 24.1. The average Bonchev–Trinajstić information content (AvgIpc) is 3.49. The van der Waals surface area contributed by atoms with Crippen molar-refractivity contribution in [3.63, 3.8) is 0 Å². The Kier molecular flexibility index (Phi) is 7.43. The number of aromatic nitrogens is 1. The van der Waals surface area contributed by atoms with Crippen molar-refractivity contribution in [3.05, 3.63) is 71.0 Å². The molecule has 1 amide bonds. The summed E-state index contributed by atoms with van der Waals surface area (Å²) in [6.07, 6.45) is 2.23. The second-order valence-corrected chi connectivity index (χ2v) is 8.43. The number of benzene rings is 2. The van der Waals surface area contributed by atoms with Crippen LogP contribution < -0.4 is 19.5 Å². The van der Waals surface area contributed by atoms with E-state index in [1.54, 1.807) is 14.2 Å². The molecule has 2 heterocycles. The number of hydrogen-bond acceptors (Lipinski definition) is 5. The van der Waals surface area contributed by atoms with Gasteiger partial charge in [0.05, 0.1) is 25.9 Å². The van der Waals surface area contributed by atoms with Gasteiger partial charge in [0.25, 0.3) is 5.91 Å². The third-order valence-electron chi connectivity index (χ3n) is 6.14. The van der Waals surface area contributed by atoms with Gasteiger partial charge in [0.2, 0.25) is 0 Å². The molecule has 7 heteroatoms. The van der Waals surface area contributed by atoms with E-state index in [4.69, 9.17) is 18.9 Å². The molecule has 1 fully saturated rings. The van der Waals surface area contributed by atoms with Crippen LogP contribution in [0.15, 0.2) is 48.5 Å². The third-order valence-corrected chi connectivity index (χ3v) is 6.14. The van der Waals surface area contributed by atoms with Crippen molar-refractivity contribution >= 4 is 5.91 Å². The van der Waals surface area contributed by atoms with E-state index in [1.807, 2.05) is 62.4 Å². The zero-order valence-electron chi connectivity index (χ0n) is 20.2. The van der Waals surface area contributed by atoms with Crippen LogP contribution in [-0.4, -0.2) is 44.0 Å². The first-order valence-corrected chi connectivity index (χ1v) is 11.5. The van der Waals surface area contributed by atoms with Crippen molar-refractivity contribution in [2.24, 2.45) is 0 Å². The highest BCUT2D eigenvalue weighted by molar-refractivity contribution is 5.95. The average molecular weight is 465 g/mol. The Morgan fingerprint density at radius 1 is 1.06 bits per heavy atom. The molecule has 1 aliphatic rings. The highest BCUT2D eigenvalue weighted by Crippen LogP contribution is 2.29. The fraction of sp³-hybridized carbons (Fsp3) is 0.370. The smallest absolute Gasteiger partial charge is 0.253 e. The molecule has 0 aliphatic carbocycles. The van der Waals surface area contributed by atoms with Crippen LogP contribution in [0.2, 0.25) is 0 Å². The van der Waals surface area contributed by atoms with E-state index < -0.39 is 0 Å². The van der Waals surface area contributed by atoms with Gasteiger partial charge in [-0.15, -0.1) is 0 Å². The van der Waals surface area contributed by atoms with E-state index in [0.29, 0.717) is 30.2 Å². The molecular weight excluding hydrogens is 432 g/mol. The minimum absolute atomic E-state index is 0.120. The number of hydrogen-bond donors (Lipinski definition) is 1. The van der Waals surface area contributed by atoms with Gasteiger partial charge < -0.3 is 28.8 Å². The van der Waals surface area contributed by atoms with Gasteiger partial charge in [-0.05, 0) is 74.7 Å². The van der Waals surface area contributed by atoms with Gasteiger partial charge in [-0.2, -0.15) is 0 Å². The Balaban J connectivity index is 1.42. The first kappa shape index (κ1) is 23.7. The Hall–Kier alpha value is -3.45. The van der Waals surface area contributed by atoms with Crippen LogP contribution in [0.25, 0.3) is 5.69 Å². The van der Waals surface area contributed by atoms with Gasteiger partial charge in [-0.3, -0.25) is 4.79 Å². The summed E-state index contributed by atoms with van der Waals surface area (Å²) in [5, 5.41) is 3.03. The molecule has 34 heavy (non-hydrogen) atoms. The lowest BCUT2D eigenvalue weighted by molar-refractivity contribution is 0.0669. The summed E-state index contributed by atoms with van der Waals surface area (Å²) in [7, 11) is 3.26. The first-order valence-electron chi connectivity index (χ1n) is 11.5. The summed E-state index contributed by atoms with van der Waals surface area (Å²) in [6.45, 7) is 5.64. The monoisotopic (exact) mass is 464 g/mol. The summed E-state index contributed by atoms with van der Waals surface area (Å²) >= 11 is 0. The van der Waals surface area contributed by atoms with Gasteiger partial charge in [0, 0.05) is 30.2 Å². The van der Waals surface area contributed by atoms with Crippen LogP contribution in [0.3, 0.4) is 0 Å². The Labute approximate surface area is 200 Å². The second-order valence-electron chi connectivity index (χ2n) is 8.43. The molecule has 4 rings (SSSR count). The molecule has 0 radical (unpaired) electrons. The number of nitrogens with one attached hydrogen (secondary N) is 1. The molecule has 180 valence electrons. The number of amides is 1. The van der Waals surface area contributed by atoms with Crippen molar-refractivity contribution in [1.82, 2.24) is 9.88 Å². The van der Waals surface area contributed by atoms with E-state index in [9.17, 15) is 4.79 Å². The molecule has 1 aromatic heterocycles. The normalized spacial score (nSPS) is 15.2. The summed E-state index contributed by atoms with van der Waals surface area (Å²) in [5.74, 6) is 1.99. The maximum absolute atomic E-state index is 13.0. The minimum Gasteiger partial charge on any atom is -0.497 e. The Morgan fingerprint density at radius 3 is 2.53 bits per heavy atom. The number of rotatable bonds is 9. The molecule has 1 aliphatic heterocycles. The largest absolute Gasteiger partial charge is 0.497 e. The minimum atomic E-state index is -0.120. The van der Waals surface area contributed by atoms with Gasteiger partial charge in [-0.1, -0.05) is 6.07 Å². The topological polar surface area (TPSA) is 71.0 Å². The van der Waals surface area contributed by atoms with Gasteiger partial charge in [0.1, 0.15) is 12.4 Å². The number of methoxy groups -OCH3 is 2. The summed E-state index contributed by atoms with van der Waals surface area (Å²) in [5.41, 5.74) is 4.44. The van der Waals surface area contributed by atoms with Crippen molar-refractivity contribution in [1.29, 1.82) is 0 Å². The van der Waals surface area contributed by atoms with Crippen LogP contribution in [0.5, 0.6) is 17.2 Å². The van der Waals surface area contributed by atoms with Crippen molar-refractivity contribution < 1.29 is 23.7 Å². The molecule has 3 aromatic rings. The number of nitrogens with zero attached hydrogens (tertiary/aromatic N) is 1. The lowest BCUT2D eigenvalue weighted by atomic mass is 10.1. The predicted octanol–water partition coefficient (Wildman–Crippen LogP) is 4.60. The molecule has 0 spiro atoms. The lowest BCUT2D eigenvalue weighted by Crippen LogP contribution is -2.23. The van der Waals surface area contributed by atoms with E-state index in [0.717, 1.165) is 47.8 Å². The quantitative estimate of drug-likeness (QED) is 0.501.